The van der Waals surface area contributed by atoms with Crippen LogP contribution in [0.2, 0.25) is 0 Å². The SMILES string of the molecule is C=CCC(C=C)OC(=O)CCCCCCCCC(=O)OC(C=C)CC=C. The highest BCUT2D eigenvalue weighted by atomic mass is 16.5. The molecule has 2 atom stereocenters. The molecule has 4 heteroatoms. The van der Waals surface area contributed by atoms with Crippen molar-refractivity contribution in [3.8, 4) is 0 Å². The molecule has 2 unspecified atom stereocenters. The smallest absolute Gasteiger partial charge is 0.306 e. The van der Waals surface area contributed by atoms with Crippen LogP contribution in [0.5, 0.6) is 0 Å². The van der Waals surface area contributed by atoms with Crippen molar-refractivity contribution in [2.24, 2.45) is 0 Å². The van der Waals surface area contributed by atoms with Gasteiger partial charge in [-0.3, -0.25) is 9.59 Å². The van der Waals surface area contributed by atoms with E-state index in [1.54, 1.807) is 24.3 Å². The molecule has 0 saturated heterocycles. The van der Waals surface area contributed by atoms with Gasteiger partial charge in [0.25, 0.3) is 0 Å². The lowest BCUT2D eigenvalue weighted by Gasteiger charge is -2.12. The molecular formula is C22H34O4. The summed E-state index contributed by atoms with van der Waals surface area (Å²) in [5.74, 6) is -0.369. The summed E-state index contributed by atoms with van der Waals surface area (Å²) in [6, 6.07) is 0. The van der Waals surface area contributed by atoms with Gasteiger partial charge in [-0.1, -0.05) is 63.1 Å². The molecule has 0 bridgehead atoms. The zero-order valence-electron chi connectivity index (χ0n) is 16.0. The standard InChI is InChI=1S/C22H34O4/c1-5-15-19(7-3)25-21(23)17-13-11-9-10-12-14-18-22(24)26-20(8-4)16-6-2/h5-8,19-20H,1-4,9-18H2. The van der Waals surface area contributed by atoms with Crippen LogP contribution in [-0.2, 0) is 19.1 Å². The van der Waals surface area contributed by atoms with Gasteiger partial charge >= 0.3 is 11.9 Å². The molecule has 0 amide bonds. The predicted octanol–water partition coefficient (Wildman–Crippen LogP) is 5.46. The molecule has 0 aromatic rings. The van der Waals surface area contributed by atoms with Gasteiger partial charge in [-0.15, -0.1) is 13.2 Å². The number of carbonyl (C=O) groups is 2. The van der Waals surface area contributed by atoms with Gasteiger partial charge in [-0.25, -0.2) is 0 Å². The van der Waals surface area contributed by atoms with Crippen molar-refractivity contribution in [2.75, 3.05) is 0 Å². The Balaban J connectivity index is 3.61. The maximum atomic E-state index is 11.7. The Morgan fingerprint density at radius 3 is 1.31 bits per heavy atom. The minimum atomic E-state index is -0.271. The zero-order valence-corrected chi connectivity index (χ0v) is 16.0. The molecule has 0 aliphatic rings. The van der Waals surface area contributed by atoms with Crippen LogP contribution >= 0.6 is 0 Å². The second kappa shape index (κ2) is 16.4. The first-order valence-corrected chi connectivity index (χ1v) is 9.43. The van der Waals surface area contributed by atoms with Crippen LogP contribution in [0.4, 0.5) is 0 Å². The van der Waals surface area contributed by atoms with E-state index in [0.29, 0.717) is 25.7 Å². The molecule has 4 nitrogen and oxygen atoms in total. The number of hydrogen-bond donors (Lipinski definition) is 0. The van der Waals surface area contributed by atoms with E-state index >= 15 is 0 Å². The summed E-state index contributed by atoms with van der Waals surface area (Å²) >= 11 is 0. The van der Waals surface area contributed by atoms with E-state index in [9.17, 15) is 9.59 Å². The average molecular weight is 363 g/mol. The fourth-order valence-electron chi connectivity index (χ4n) is 2.41. The quantitative estimate of drug-likeness (QED) is 0.196. The number of ether oxygens (including phenoxy) is 2. The van der Waals surface area contributed by atoms with E-state index in [1.807, 2.05) is 0 Å². The Bertz CT molecular complexity index is 411. The molecule has 0 fully saturated rings. The lowest BCUT2D eigenvalue weighted by atomic mass is 10.1. The van der Waals surface area contributed by atoms with Crippen molar-refractivity contribution in [1.82, 2.24) is 0 Å². The lowest BCUT2D eigenvalue weighted by molar-refractivity contribution is -0.147. The minimum absolute atomic E-state index is 0.184. The summed E-state index contributed by atoms with van der Waals surface area (Å²) in [6.45, 7) is 14.5. The van der Waals surface area contributed by atoms with Gasteiger partial charge in [-0.2, -0.15) is 0 Å². The highest BCUT2D eigenvalue weighted by molar-refractivity contribution is 5.70. The van der Waals surface area contributed by atoms with E-state index in [4.69, 9.17) is 9.47 Å². The normalized spacial score (nSPS) is 12.5. The minimum Gasteiger partial charge on any atom is -0.458 e. The molecule has 0 aliphatic heterocycles. The van der Waals surface area contributed by atoms with E-state index in [-0.39, 0.29) is 24.1 Å². The Morgan fingerprint density at radius 2 is 1.00 bits per heavy atom. The van der Waals surface area contributed by atoms with Crippen LogP contribution in [-0.4, -0.2) is 24.1 Å². The molecule has 0 aromatic heterocycles. The van der Waals surface area contributed by atoms with Gasteiger partial charge in [0.1, 0.15) is 12.2 Å². The summed E-state index contributed by atoms with van der Waals surface area (Å²) in [6.07, 6.45) is 13.9. The highest BCUT2D eigenvalue weighted by Gasteiger charge is 2.10. The van der Waals surface area contributed by atoms with Crippen molar-refractivity contribution < 1.29 is 19.1 Å². The van der Waals surface area contributed by atoms with Crippen LogP contribution in [0, 0.1) is 0 Å². The molecule has 0 spiro atoms. The van der Waals surface area contributed by atoms with Crippen LogP contribution in [0.15, 0.2) is 50.6 Å². The molecule has 0 rings (SSSR count). The maximum absolute atomic E-state index is 11.7. The fourth-order valence-corrected chi connectivity index (χ4v) is 2.41. The summed E-state index contributed by atoms with van der Waals surface area (Å²) in [4.78, 5) is 23.4. The molecular weight excluding hydrogens is 328 g/mol. The highest BCUT2D eigenvalue weighted by Crippen LogP contribution is 2.12. The topological polar surface area (TPSA) is 52.6 Å². The van der Waals surface area contributed by atoms with E-state index < -0.39 is 0 Å². The second-order valence-corrected chi connectivity index (χ2v) is 6.20. The first-order chi connectivity index (χ1) is 12.6. The van der Waals surface area contributed by atoms with E-state index in [0.717, 1.165) is 38.5 Å². The van der Waals surface area contributed by atoms with Gasteiger partial charge in [0.05, 0.1) is 0 Å². The van der Waals surface area contributed by atoms with Crippen molar-refractivity contribution in [3.63, 3.8) is 0 Å². The first kappa shape index (κ1) is 23.9. The number of rotatable bonds is 17. The van der Waals surface area contributed by atoms with Gasteiger partial charge in [0, 0.05) is 25.7 Å². The van der Waals surface area contributed by atoms with E-state index in [2.05, 4.69) is 26.3 Å². The summed E-state index contributed by atoms with van der Waals surface area (Å²) in [5.41, 5.74) is 0. The van der Waals surface area contributed by atoms with Gasteiger partial charge in [0.2, 0.25) is 0 Å². The van der Waals surface area contributed by atoms with Crippen molar-refractivity contribution in [3.05, 3.63) is 50.6 Å². The summed E-state index contributed by atoms with van der Waals surface area (Å²) in [5, 5.41) is 0. The number of carbonyl (C=O) groups excluding carboxylic acids is 2. The fraction of sp³-hybridized carbons (Fsp3) is 0.545. The Kier molecular flexibility index (Phi) is 15.1. The third kappa shape index (κ3) is 13.2. The molecule has 0 heterocycles. The molecule has 0 aliphatic carbocycles. The molecule has 146 valence electrons. The summed E-state index contributed by atoms with van der Waals surface area (Å²) < 4.78 is 10.6. The first-order valence-electron chi connectivity index (χ1n) is 9.43. The van der Waals surface area contributed by atoms with Crippen LogP contribution in [0.3, 0.4) is 0 Å². The third-order valence-electron chi connectivity index (χ3n) is 3.90. The van der Waals surface area contributed by atoms with Gasteiger partial charge in [-0.05, 0) is 12.8 Å². The Hall–Kier alpha value is -2.10. The molecule has 26 heavy (non-hydrogen) atoms. The van der Waals surface area contributed by atoms with Gasteiger partial charge < -0.3 is 9.47 Å². The van der Waals surface area contributed by atoms with Crippen LogP contribution < -0.4 is 0 Å². The van der Waals surface area contributed by atoms with Crippen molar-refractivity contribution in [1.29, 1.82) is 0 Å². The maximum Gasteiger partial charge on any atom is 0.306 e. The molecule has 0 N–H and O–H groups in total. The monoisotopic (exact) mass is 362 g/mol. The number of esters is 2. The predicted molar refractivity (Wildman–Crippen MR) is 107 cm³/mol. The Labute approximate surface area is 158 Å². The molecule has 0 saturated carbocycles. The molecule has 0 radical (unpaired) electrons. The number of hydrogen-bond acceptors (Lipinski definition) is 4. The summed E-state index contributed by atoms with van der Waals surface area (Å²) in [7, 11) is 0. The zero-order chi connectivity index (χ0) is 19.6. The number of unbranched alkanes of at least 4 members (excludes halogenated alkanes) is 5. The van der Waals surface area contributed by atoms with Crippen LogP contribution in [0.1, 0.15) is 64.2 Å². The van der Waals surface area contributed by atoms with Gasteiger partial charge in [0.15, 0.2) is 0 Å². The Morgan fingerprint density at radius 1 is 0.654 bits per heavy atom. The van der Waals surface area contributed by atoms with Crippen LogP contribution in [0.25, 0.3) is 0 Å². The molecule has 0 aromatic carbocycles. The third-order valence-corrected chi connectivity index (χ3v) is 3.90. The van der Waals surface area contributed by atoms with Crippen molar-refractivity contribution in [2.45, 2.75) is 76.4 Å². The van der Waals surface area contributed by atoms with E-state index in [1.165, 1.54) is 0 Å². The second-order valence-electron chi connectivity index (χ2n) is 6.20. The average Bonchev–Trinajstić information content (AvgIpc) is 2.63. The lowest BCUT2D eigenvalue weighted by Crippen LogP contribution is -2.15. The largest absolute Gasteiger partial charge is 0.458 e. The van der Waals surface area contributed by atoms with Crippen molar-refractivity contribution >= 4 is 11.9 Å².